The molecule has 0 aliphatic rings. The molecule has 2 heteroatoms. The Morgan fingerprint density at radius 1 is 2.00 bits per heavy atom. The minimum absolute atomic E-state index is 0.128. The van der Waals surface area contributed by atoms with Gasteiger partial charge in [-0.15, -0.1) is 0 Å². The molecule has 0 aliphatic carbocycles. The zero-order chi connectivity index (χ0) is 6.57. The van der Waals surface area contributed by atoms with Crippen molar-refractivity contribution in [2.45, 2.75) is 19.4 Å². The van der Waals surface area contributed by atoms with Crippen molar-refractivity contribution in [1.29, 1.82) is 0 Å². The van der Waals surface area contributed by atoms with E-state index < -0.39 is 6.10 Å². The molecule has 0 saturated carbocycles. The molecule has 0 aromatic rings. The lowest BCUT2D eigenvalue weighted by Gasteiger charge is -1.95. The van der Waals surface area contributed by atoms with Crippen LogP contribution in [-0.2, 0) is 4.79 Å². The van der Waals surface area contributed by atoms with E-state index in [1.165, 1.54) is 0 Å². The van der Waals surface area contributed by atoms with Gasteiger partial charge in [-0.1, -0.05) is 6.58 Å². The molecule has 2 nitrogen and oxygen atoms in total. The van der Waals surface area contributed by atoms with Crippen LogP contribution >= 0.6 is 0 Å². The van der Waals surface area contributed by atoms with Gasteiger partial charge in [0, 0.05) is 12.5 Å². The third-order valence-electron chi connectivity index (χ3n) is 0.678. The second-order valence-corrected chi connectivity index (χ2v) is 1.65. The van der Waals surface area contributed by atoms with E-state index in [0.717, 1.165) is 0 Å². The topological polar surface area (TPSA) is 37.3 Å². The Morgan fingerprint density at radius 3 is 2.62 bits per heavy atom. The summed E-state index contributed by atoms with van der Waals surface area (Å²) < 4.78 is 0. The lowest BCUT2D eigenvalue weighted by Crippen LogP contribution is -2.06. The third kappa shape index (κ3) is 3.56. The number of hydrogen-bond acceptors (Lipinski definition) is 2. The van der Waals surface area contributed by atoms with Crippen LogP contribution in [0.15, 0.2) is 6.58 Å². The van der Waals surface area contributed by atoms with E-state index in [4.69, 9.17) is 5.11 Å². The summed E-state index contributed by atoms with van der Waals surface area (Å²) >= 11 is 0. The molecular weight excluding hydrogens is 104 g/mol. The van der Waals surface area contributed by atoms with Crippen LogP contribution in [0.2, 0.25) is 0 Å². The minimum atomic E-state index is -0.572. The van der Waals surface area contributed by atoms with Crippen molar-refractivity contribution in [3.63, 3.8) is 0 Å². The molecule has 0 amide bonds. The molecule has 8 heavy (non-hydrogen) atoms. The summed E-state index contributed by atoms with van der Waals surface area (Å²) in [5.41, 5.74) is 0. The zero-order valence-corrected chi connectivity index (χ0v) is 4.85. The molecule has 0 fully saturated rings. The van der Waals surface area contributed by atoms with E-state index in [1.54, 1.807) is 6.92 Å². The van der Waals surface area contributed by atoms with Crippen LogP contribution in [0, 0.1) is 6.08 Å². The third-order valence-corrected chi connectivity index (χ3v) is 0.678. The highest BCUT2D eigenvalue weighted by Gasteiger charge is 1.99. The van der Waals surface area contributed by atoms with Crippen LogP contribution in [0.4, 0.5) is 0 Å². The average Bonchev–Trinajstić information content (AvgIpc) is 1.65. The molecular formula is C6H9O2. The number of aliphatic hydroxyl groups is 1. The van der Waals surface area contributed by atoms with Crippen molar-refractivity contribution in [3.05, 3.63) is 12.7 Å². The predicted molar refractivity (Wildman–Crippen MR) is 30.2 cm³/mol. The molecule has 0 rings (SSSR count). The molecule has 0 heterocycles. The largest absolute Gasteiger partial charge is 0.393 e. The number of ketones is 1. The molecule has 1 unspecified atom stereocenters. The Labute approximate surface area is 48.8 Å². The zero-order valence-electron chi connectivity index (χ0n) is 4.85. The monoisotopic (exact) mass is 113 g/mol. The fraction of sp³-hybridized carbons (Fsp3) is 0.500. The van der Waals surface area contributed by atoms with Gasteiger partial charge in [0.15, 0.2) is 5.78 Å². The smallest absolute Gasteiger partial charge is 0.165 e. The van der Waals surface area contributed by atoms with Gasteiger partial charge in [0.25, 0.3) is 0 Å². The lowest BCUT2D eigenvalue weighted by atomic mass is 10.2. The van der Waals surface area contributed by atoms with Crippen molar-refractivity contribution in [3.8, 4) is 0 Å². The minimum Gasteiger partial charge on any atom is -0.393 e. The fourth-order valence-corrected chi connectivity index (χ4v) is 0.340. The van der Waals surface area contributed by atoms with Gasteiger partial charge in [-0.25, -0.2) is 0 Å². The summed E-state index contributed by atoms with van der Waals surface area (Å²) in [5.74, 6) is -0.236. The van der Waals surface area contributed by atoms with Crippen LogP contribution in [0.3, 0.4) is 0 Å². The molecule has 0 saturated heterocycles. The van der Waals surface area contributed by atoms with Crippen molar-refractivity contribution in [1.82, 2.24) is 0 Å². The number of hydrogen-bond donors (Lipinski definition) is 1. The van der Waals surface area contributed by atoms with E-state index in [0.29, 0.717) is 0 Å². The lowest BCUT2D eigenvalue weighted by molar-refractivity contribution is -0.116. The van der Waals surface area contributed by atoms with Gasteiger partial charge in [-0.3, -0.25) is 4.79 Å². The number of rotatable bonds is 3. The Kier molecular flexibility index (Phi) is 3.12. The van der Waals surface area contributed by atoms with Crippen molar-refractivity contribution >= 4 is 5.78 Å². The quantitative estimate of drug-likeness (QED) is 0.535. The van der Waals surface area contributed by atoms with Crippen molar-refractivity contribution in [2.24, 2.45) is 0 Å². The van der Waals surface area contributed by atoms with E-state index in [1.807, 2.05) is 0 Å². The Hall–Kier alpha value is -0.630. The first-order valence-corrected chi connectivity index (χ1v) is 2.41. The summed E-state index contributed by atoms with van der Waals surface area (Å²) in [5, 5.41) is 8.57. The second kappa shape index (κ2) is 3.38. The van der Waals surface area contributed by atoms with Gasteiger partial charge in [0.2, 0.25) is 0 Å². The van der Waals surface area contributed by atoms with Crippen molar-refractivity contribution in [2.75, 3.05) is 0 Å². The number of allylic oxidation sites excluding steroid dienone is 1. The maximum atomic E-state index is 10.3. The first kappa shape index (κ1) is 7.37. The molecule has 0 spiro atoms. The number of Topliss-reactive ketones (excluding diaryl/α,β-unsaturated/α-hetero) is 1. The first-order chi connectivity index (χ1) is 3.66. The average molecular weight is 113 g/mol. The first-order valence-electron chi connectivity index (χ1n) is 2.41. The number of aliphatic hydroxyl groups excluding tert-OH is 1. The number of carbonyl (C=O) groups excluding carboxylic acids is 1. The van der Waals surface area contributed by atoms with Gasteiger partial charge in [0.1, 0.15) is 0 Å². The van der Waals surface area contributed by atoms with Gasteiger partial charge < -0.3 is 5.11 Å². The molecule has 0 aromatic carbocycles. The Morgan fingerprint density at radius 2 is 2.50 bits per heavy atom. The van der Waals surface area contributed by atoms with Crippen LogP contribution in [0.25, 0.3) is 0 Å². The maximum Gasteiger partial charge on any atom is 0.165 e. The normalized spacial score (nSPS) is 12.8. The van der Waals surface area contributed by atoms with Gasteiger partial charge in [-0.05, 0) is 6.92 Å². The van der Waals surface area contributed by atoms with Crippen LogP contribution in [0.1, 0.15) is 13.3 Å². The number of carbonyl (C=O) groups is 1. The van der Waals surface area contributed by atoms with Crippen molar-refractivity contribution < 1.29 is 9.90 Å². The molecule has 0 aromatic heterocycles. The molecule has 1 N–H and O–H groups in total. The van der Waals surface area contributed by atoms with Crippen LogP contribution < -0.4 is 0 Å². The van der Waals surface area contributed by atoms with E-state index in [9.17, 15) is 4.79 Å². The Bertz CT molecular complexity index is 94.7. The molecule has 1 radical (unpaired) electrons. The summed E-state index contributed by atoms with van der Waals surface area (Å²) in [7, 11) is 0. The Balaban J connectivity index is 3.39. The SMILES string of the molecule is C=[C]C(=O)CC(C)O. The van der Waals surface area contributed by atoms with E-state index in [-0.39, 0.29) is 12.2 Å². The van der Waals surface area contributed by atoms with Gasteiger partial charge in [0.05, 0.1) is 6.10 Å². The summed E-state index contributed by atoms with van der Waals surface area (Å²) in [4.78, 5) is 10.3. The van der Waals surface area contributed by atoms with Crippen LogP contribution in [-0.4, -0.2) is 17.0 Å². The van der Waals surface area contributed by atoms with E-state index in [2.05, 4.69) is 12.7 Å². The maximum absolute atomic E-state index is 10.3. The highest BCUT2D eigenvalue weighted by Crippen LogP contribution is 1.89. The molecule has 45 valence electrons. The molecule has 0 bridgehead atoms. The van der Waals surface area contributed by atoms with E-state index >= 15 is 0 Å². The predicted octanol–water partition coefficient (Wildman–Crippen LogP) is 0.316. The standard InChI is InChI=1S/C6H9O2/c1-3-6(8)4-5(2)7/h5,7H,1,4H2,2H3. The summed E-state index contributed by atoms with van der Waals surface area (Å²) in [6, 6.07) is 0. The molecule has 1 atom stereocenters. The highest BCUT2D eigenvalue weighted by molar-refractivity contribution is 5.85. The highest BCUT2D eigenvalue weighted by atomic mass is 16.3. The van der Waals surface area contributed by atoms with Gasteiger partial charge >= 0.3 is 0 Å². The second-order valence-electron chi connectivity index (χ2n) is 1.65. The fourth-order valence-electron chi connectivity index (χ4n) is 0.340. The summed E-state index contributed by atoms with van der Waals surface area (Å²) in [6.45, 7) is 4.68. The molecule has 0 aliphatic heterocycles. The van der Waals surface area contributed by atoms with Crippen LogP contribution in [0.5, 0.6) is 0 Å². The summed E-state index contributed by atoms with van der Waals surface area (Å²) in [6.07, 6.45) is 1.70. The van der Waals surface area contributed by atoms with Gasteiger partial charge in [-0.2, -0.15) is 0 Å².